The lowest BCUT2D eigenvalue weighted by Crippen LogP contribution is -2.32. The summed E-state index contributed by atoms with van der Waals surface area (Å²) in [6.07, 6.45) is 0. The predicted octanol–water partition coefficient (Wildman–Crippen LogP) is 3.04. The number of amides is 3. The third-order valence-electron chi connectivity index (χ3n) is 5.51. The van der Waals surface area contributed by atoms with Crippen LogP contribution in [-0.4, -0.2) is 40.4 Å². The van der Waals surface area contributed by atoms with Crippen molar-refractivity contribution in [2.75, 3.05) is 29.8 Å². The first-order chi connectivity index (χ1) is 18.0. The van der Waals surface area contributed by atoms with Crippen LogP contribution in [0, 0.1) is 0 Å². The van der Waals surface area contributed by atoms with Crippen LogP contribution in [0.5, 0.6) is 11.5 Å². The Balaban J connectivity index is 1.48. The average molecular weight is 557 g/mol. The van der Waals surface area contributed by atoms with Crippen molar-refractivity contribution >= 4 is 56.4 Å². The molecule has 0 saturated heterocycles. The number of primary sulfonamides is 1. The van der Waals surface area contributed by atoms with Crippen LogP contribution in [-0.2, 0) is 19.6 Å². The van der Waals surface area contributed by atoms with Crippen molar-refractivity contribution in [3.8, 4) is 11.5 Å². The summed E-state index contributed by atoms with van der Waals surface area (Å²) in [7, 11) is -0.971. The molecule has 1 aliphatic rings. The van der Waals surface area contributed by atoms with Crippen molar-refractivity contribution < 1.29 is 32.3 Å². The van der Waals surface area contributed by atoms with Gasteiger partial charge in [-0.15, -0.1) is 0 Å². The maximum atomic E-state index is 13.1. The maximum absolute atomic E-state index is 13.1. The zero-order chi connectivity index (χ0) is 27.6. The molecular weight excluding hydrogens is 536 g/mol. The first kappa shape index (κ1) is 26.7. The van der Waals surface area contributed by atoms with Crippen LogP contribution in [0.25, 0.3) is 0 Å². The molecule has 0 fully saturated rings. The maximum Gasteiger partial charge on any atom is 0.283 e. The molecule has 11 nitrogen and oxygen atoms in total. The summed E-state index contributed by atoms with van der Waals surface area (Å²) in [6, 6.07) is 16.1. The molecule has 0 atom stereocenters. The Bertz CT molecular complexity index is 1570. The smallest absolute Gasteiger partial charge is 0.283 e. The summed E-state index contributed by atoms with van der Waals surface area (Å²) in [6.45, 7) is 0. The van der Waals surface area contributed by atoms with Crippen LogP contribution in [0.3, 0.4) is 0 Å². The van der Waals surface area contributed by atoms with Gasteiger partial charge in [0.1, 0.15) is 22.2 Å². The van der Waals surface area contributed by atoms with Gasteiger partial charge in [0.15, 0.2) is 0 Å². The molecule has 0 bridgehead atoms. The summed E-state index contributed by atoms with van der Waals surface area (Å²) in [5, 5.41) is 10.2. The highest BCUT2D eigenvalue weighted by Gasteiger charge is 2.40. The molecule has 0 unspecified atom stereocenters. The van der Waals surface area contributed by atoms with E-state index in [1.807, 2.05) is 0 Å². The SMILES string of the molecule is COc1ccc(N2C(=O)C(Cl)=C(Nc3ccc(C(=O)Nc4ccc(S(N)(=O)=O)cc4)cc3)C2=O)c(OC)c1. The summed E-state index contributed by atoms with van der Waals surface area (Å²) < 4.78 is 33.2. The van der Waals surface area contributed by atoms with E-state index in [-0.39, 0.29) is 32.6 Å². The van der Waals surface area contributed by atoms with Crippen LogP contribution in [0.15, 0.2) is 82.4 Å². The molecule has 0 saturated carbocycles. The Morgan fingerprint density at radius 3 is 2.11 bits per heavy atom. The standard InChI is InChI=1S/C25H21ClN4O7S/c1-36-17-9-12-19(20(13-17)37-2)30-24(32)21(26)22(25(30)33)28-15-5-3-14(4-6-15)23(31)29-16-7-10-18(11-8-16)38(27,34)35/h3-13,28H,1-2H3,(H,29,31)(H2,27,34,35). The normalized spacial score (nSPS) is 13.5. The number of nitrogens with zero attached hydrogens (tertiary/aromatic N) is 1. The highest BCUT2D eigenvalue weighted by molar-refractivity contribution is 7.89. The lowest BCUT2D eigenvalue weighted by atomic mass is 10.2. The van der Waals surface area contributed by atoms with Crippen LogP contribution in [0.2, 0.25) is 0 Å². The zero-order valence-corrected chi connectivity index (χ0v) is 21.6. The van der Waals surface area contributed by atoms with Crippen LogP contribution < -0.4 is 30.1 Å². The van der Waals surface area contributed by atoms with E-state index in [2.05, 4.69) is 10.6 Å². The molecule has 4 N–H and O–H groups in total. The third kappa shape index (κ3) is 5.32. The number of nitrogens with one attached hydrogen (secondary N) is 2. The van der Waals surface area contributed by atoms with Crippen molar-refractivity contribution in [3.05, 3.63) is 83.0 Å². The number of anilines is 3. The fourth-order valence-corrected chi connectivity index (χ4v) is 4.31. The number of rotatable bonds is 8. The van der Waals surface area contributed by atoms with E-state index in [1.165, 1.54) is 74.9 Å². The predicted molar refractivity (Wildman–Crippen MR) is 141 cm³/mol. The van der Waals surface area contributed by atoms with Gasteiger partial charge in [-0.05, 0) is 60.7 Å². The number of sulfonamides is 1. The van der Waals surface area contributed by atoms with E-state index in [9.17, 15) is 22.8 Å². The first-order valence-corrected chi connectivity index (χ1v) is 12.8. The van der Waals surface area contributed by atoms with E-state index in [0.717, 1.165) is 4.90 Å². The number of halogens is 1. The molecule has 0 aliphatic carbocycles. The van der Waals surface area contributed by atoms with Crippen molar-refractivity contribution in [1.82, 2.24) is 0 Å². The van der Waals surface area contributed by atoms with Crippen LogP contribution in [0.4, 0.5) is 17.1 Å². The van der Waals surface area contributed by atoms with Gasteiger partial charge in [0.2, 0.25) is 10.0 Å². The number of hydrogen-bond acceptors (Lipinski definition) is 8. The second kappa shape index (κ2) is 10.5. The van der Waals surface area contributed by atoms with Gasteiger partial charge in [0.25, 0.3) is 17.7 Å². The van der Waals surface area contributed by atoms with E-state index < -0.39 is 27.7 Å². The minimum Gasteiger partial charge on any atom is -0.497 e. The lowest BCUT2D eigenvalue weighted by molar-refractivity contribution is -0.120. The molecular formula is C25H21ClN4O7S. The van der Waals surface area contributed by atoms with Gasteiger partial charge in [0.05, 0.1) is 24.8 Å². The number of nitrogens with two attached hydrogens (primary N) is 1. The van der Waals surface area contributed by atoms with Gasteiger partial charge in [-0.25, -0.2) is 18.5 Å². The quantitative estimate of drug-likeness (QED) is 0.357. The Morgan fingerprint density at radius 2 is 1.53 bits per heavy atom. The van der Waals surface area contributed by atoms with Crippen LogP contribution >= 0.6 is 11.6 Å². The third-order valence-corrected chi connectivity index (χ3v) is 6.79. The molecule has 3 aromatic carbocycles. The van der Waals surface area contributed by atoms with Crippen molar-refractivity contribution in [3.63, 3.8) is 0 Å². The lowest BCUT2D eigenvalue weighted by Gasteiger charge is -2.18. The minimum atomic E-state index is -3.84. The number of methoxy groups -OCH3 is 2. The second-order valence-corrected chi connectivity index (χ2v) is 9.84. The fraction of sp³-hybridized carbons (Fsp3) is 0.0800. The van der Waals surface area contributed by atoms with Crippen LogP contribution in [0.1, 0.15) is 10.4 Å². The van der Waals surface area contributed by atoms with E-state index >= 15 is 0 Å². The average Bonchev–Trinajstić information content (AvgIpc) is 3.11. The van der Waals surface area contributed by atoms with Gasteiger partial charge >= 0.3 is 0 Å². The minimum absolute atomic E-state index is 0.0807. The van der Waals surface area contributed by atoms with E-state index in [1.54, 1.807) is 6.07 Å². The number of benzene rings is 3. The number of hydrogen-bond donors (Lipinski definition) is 3. The second-order valence-electron chi connectivity index (χ2n) is 7.90. The molecule has 1 heterocycles. The molecule has 13 heteroatoms. The first-order valence-electron chi connectivity index (χ1n) is 10.9. The topological polar surface area (TPSA) is 157 Å². The Labute approximate surface area is 222 Å². The number of imide groups is 1. The molecule has 3 aromatic rings. The summed E-state index contributed by atoms with van der Waals surface area (Å²) in [5.74, 6) is -1.15. The fourth-order valence-electron chi connectivity index (χ4n) is 3.58. The molecule has 3 amide bonds. The van der Waals surface area contributed by atoms with Gasteiger partial charge < -0.3 is 20.1 Å². The molecule has 196 valence electrons. The summed E-state index contributed by atoms with van der Waals surface area (Å²) >= 11 is 6.21. The highest BCUT2D eigenvalue weighted by atomic mass is 35.5. The molecule has 38 heavy (non-hydrogen) atoms. The Morgan fingerprint density at radius 1 is 0.895 bits per heavy atom. The summed E-state index contributed by atoms with van der Waals surface area (Å²) in [4.78, 5) is 39.3. The molecule has 0 radical (unpaired) electrons. The Kier molecular flexibility index (Phi) is 7.39. The van der Waals surface area contributed by atoms with Crippen molar-refractivity contribution in [1.29, 1.82) is 0 Å². The Hall–Kier alpha value is -4.39. The number of carbonyl (C=O) groups excluding carboxylic acids is 3. The summed E-state index contributed by atoms with van der Waals surface area (Å²) in [5.41, 5.74) is 1.11. The molecule has 0 spiro atoms. The van der Waals surface area contributed by atoms with E-state index in [0.29, 0.717) is 17.1 Å². The number of ether oxygens (including phenoxy) is 2. The van der Waals surface area contributed by atoms with Crippen molar-refractivity contribution in [2.45, 2.75) is 4.90 Å². The molecule has 0 aromatic heterocycles. The molecule has 4 rings (SSSR count). The van der Waals surface area contributed by atoms with Gasteiger partial charge in [-0.1, -0.05) is 11.6 Å². The van der Waals surface area contributed by atoms with Gasteiger partial charge in [-0.2, -0.15) is 0 Å². The zero-order valence-electron chi connectivity index (χ0n) is 20.0. The van der Waals surface area contributed by atoms with Gasteiger partial charge in [-0.3, -0.25) is 14.4 Å². The number of carbonyl (C=O) groups is 3. The van der Waals surface area contributed by atoms with Gasteiger partial charge in [0, 0.05) is 23.0 Å². The molecule has 1 aliphatic heterocycles. The van der Waals surface area contributed by atoms with E-state index in [4.69, 9.17) is 26.2 Å². The monoisotopic (exact) mass is 556 g/mol. The van der Waals surface area contributed by atoms with Crippen molar-refractivity contribution in [2.24, 2.45) is 5.14 Å². The largest absolute Gasteiger partial charge is 0.497 e. The highest BCUT2D eigenvalue weighted by Crippen LogP contribution is 2.37.